The van der Waals surface area contributed by atoms with Gasteiger partial charge in [0.2, 0.25) is 0 Å². The summed E-state index contributed by atoms with van der Waals surface area (Å²) in [5, 5.41) is 9.85. The second-order valence-electron chi connectivity index (χ2n) is 6.54. The number of carbonyl (C=O) groups excluding carboxylic acids is 1. The van der Waals surface area contributed by atoms with Crippen molar-refractivity contribution in [3.05, 3.63) is 42.5 Å². The molecule has 2 amide bonds. The van der Waals surface area contributed by atoms with Gasteiger partial charge < -0.3 is 29.8 Å². The number of likely N-dealkylation sites (tertiary alicyclic amines) is 1. The van der Waals surface area contributed by atoms with Crippen LogP contribution in [0.5, 0.6) is 11.5 Å². The zero-order valence-corrected chi connectivity index (χ0v) is 16.5. The fraction of sp³-hybridized carbons (Fsp3) is 0.450. The number of piperidine rings is 1. The molecule has 2 heterocycles. The van der Waals surface area contributed by atoms with E-state index in [4.69, 9.17) is 19.4 Å². The number of urea groups is 1. The molecule has 0 saturated carbocycles. The number of hydrogen-bond donors (Lipinski definition) is 3. The number of hydrogen-bond acceptors (Lipinski definition) is 5. The van der Waals surface area contributed by atoms with Gasteiger partial charge in [0.25, 0.3) is 6.47 Å². The molecule has 0 atom stereocenters. The molecule has 0 aliphatic carbocycles. The Balaban J connectivity index is 0.000000941. The molecular weight excluding hydrogens is 376 g/mol. The summed E-state index contributed by atoms with van der Waals surface area (Å²) >= 11 is 0. The van der Waals surface area contributed by atoms with Gasteiger partial charge in [-0.3, -0.25) is 4.79 Å². The zero-order valence-electron chi connectivity index (χ0n) is 16.5. The highest BCUT2D eigenvalue weighted by atomic mass is 16.5. The lowest BCUT2D eigenvalue weighted by atomic mass is 9.98. The van der Waals surface area contributed by atoms with Crippen LogP contribution in [0.4, 0.5) is 4.79 Å². The van der Waals surface area contributed by atoms with E-state index in [0.29, 0.717) is 25.5 Å². The van der Waals surface area contributed by atoms with Crippen molar-refractivity contribution in [1.29, 1.82) is 0 Å². The summed E-state index contributed by atoms with van der Waals surface area (Å²) in [6.07, 6.45) is 6.14. The monoisotopic (exact) mass is 404 g/mol. The van der Waals surface area contributed by atoms with Crippen molar-refractivity contribution < 1.29 is 24.2 Å². The standard InChI is InChI=1S/C19H26N4O3.CH2O2/c1-25-16-2-4-17(5-3-16)26-14-15-7-12-23(13-8-15)19(24)22-9-6-18-20-10-11-21-18;2-1-3/h2-5,10-11,15H,6-9,12-14H2,1H3,(H,20,21)(H,22,24);1H,(H,2,3). The Morgan fingerprint density at radius 3 is 2.55 bits per heavy atom. The van der Waals surface area contributed by atoms with Gasteiger partial charge in [0, 0.05) is 38.4 Å². The van der Waals surface area contributed by atoms with Crippen LogP contribution < -0.4 is 14.8 Å². The molecule has 2 aromatic rings. The largest absolute Gasteiger partial charge is 0.497 e. The molecule has 3 N–H and O–H groups in total. The molecule has 1 aromatic heterocycles. The molecule has 0 radical (unpaired) electrons. The lowest BCUT2D eigenvalue weighted by Crippen LogP contribution is -2.45. The van der Waals surface area contributed by atoms with E-state index in [9.17, 15) is 4.79 Å². The molecule has 158 valence electrons. The lowest BCUT2D eigenvalue weighted by Gasteiger charge is -2.31. The molecular formula is C20H28N4O5. The van der Waals surface area contributed by atoms with Crippen LogP contribution in [0.2, 0.25) is 0 Å². The van der Waals surface area contributed by atoms with Gasteiger partial charge in [0.1, 0.15) is 17.3 Å². The number of nitrogens with zero attached hydrogens (tertiary/aromatic N) is 2. The van der Waals surface area contributed by atoms with Crippen LogP contribution in [0.1, 0.15) is 18.7 Å². The zero-order chi connectivity index (χ0) is 20.9. The van der Waals surface area contributed by atoms with Gasteiger partial charge in [-0.15, -0.1) is 0 Å². The molecule has 9 heteroatoms. The third-order valence-electron chi connectivity index (χ3n) is 4.64. The van der Waals surface area contributed by atoms with Crippen LogP contribution in [-0.2, 0) is 11.2 Å². The van der Waals surface area contributed by atoms with Crippen LogP contribution in [-0.4, -0.2) is 65.8 Å². The van der Waals surface area contributed by atoms with Crippen molar-refractivity contribution in [3.8, 4) is 11.5 Å². The summed E-state index contributed by atoms with van der Waals surface area (Å²) in [4.78, 5) is 29.6. The number of amides is 2. The average molecular weight is 404 g/mol. The lowest BCUT2D eigenvalue weighted by molar-refractivity contribution is -0.122. The van der Waals surface area contributed by atoms with E-state index in [1.807, 2.05) is 29.2 Å². The maximum absolute atomic E-state index is 12.2. The molecule has 1 aromatic carbocycles. The molecule has 1 fully saturated rings. The topological polar surface area (TPSA) is 117 Å². The minimum Gasteiger partial charge on any atom is -0.497 e. The Bertz CT molecular complexity index is 713. The smallest absolute Gasteiger partial charge is 0.317 e. The molecule has 3 rings (SSSR count). The summed E-state index contributed by atoms with van der Waals surface area (Å²) in [6, 6.07) is 7.63. The predicted octanol–water partition coefficient (Wildman–Crippen LogP) is 2.16. The Labute approximate surface area is 170 Å². The summed E-state index contributed by atoms with van der Waals surface area (Å²) in [5.41, 5.74) is 0. The molecule has 1 saturated heterocycles. The fourth-order valence-electron chi connectivity index (χ4n) is 3.02. The molecule has 29 heavy (non-hydrogen) atoms. The first kappa shape index (κ1) is 22.1. The molecule has 0 spiro atoms. The number of nitrogens with one attached hydrogen (secondary N) is 2. The van der Waals surface area contributed by atoms with Gasteiger partial charge in [0.05, 0.1) is 13.7 Å². The van der Waals surface area contributed by atoms with Crippen LogP contribution >= 0.6 is 0 Å². The maximum Gasteiger partial charge on any atom is 0.317 e. The van der Waals surface area contributed by atoms with Crippen molar-refractivity contribution in [2.45, 2.75) is 19.3 Å². The minimum atomic E-state index is -0.250. The Kier molecular flexibility index (Phi) is 9.34. The summed E-state index contributed by atoms with van der Waals surface area (Å²) in [7, 11) is 1.65. The van der Waals surface area contributed by atoms with E-state index in [2.05, 4.69) is 15.3 Å². The van der Waals surface area contributed by atoms with E-state index in [-0.39, 0.29) is 12.5 Å². The second-order valence-corrected chi connectivity index (χ2v) is 6.54. The van der Waals surface area contributed by atoms with Crippen LogP contribution in [0.15, 0.2) is 36.7 Å². The average Bonchev–Trinajstić information content (AvgIpc) is 3.27. The first-order valence-electron chi connectivity index (χ1n) is 9.52. The van der Waals surface area contributed by atoms with Crippen LogP contribution in [0.25, 0.3) is 0 Å². The van der Waals surface area contributed by atoms with Crippen molar-refractivity contribution in [1.82, 2.24) is 20.2 Å². The number of ether oxygens (including phenoxy) is 2. The van der Waals surface area contributed by atoms with Gasteiger partial charge >= 0.3 is 6.03 Å². The van der Waals surface area contributed by atoms with Gasteiger partial charge in [0.15, 0.2) is 0 Å². The highest BCUT2D eigenvalue weighted by Gasteiger charge is 2.23. The van der Waals surface area contributed by atoms with Crippen molar-refractivity contribution >= 4 is 12.5 Å². The Hall–Kier alpha value is -3.23. The van der Waals surface area contributed by atoms with E-state index >= 15 is 0 Å². The van der Waals surface area contributed by atoms with E-state index in [0.717, 1.165) is 43.3 Å². The van der Waals surface area contributed by atoms with Crippen LogP contribution in [0, 0.1) is 5.92 Å². The number of carbonyl (C=O) groups is 2. The van der Waals surface area contributed by atoms with Gasteiger partial charge in [-0.1, -0.05) is 0 Å². The quantitative estimate of drug-likeness (QED) is 0.609. The first-order valence-corrected chi connectivity index (χ1v) is 9.52. The maximum atomic E-state index is 12.2. The Morgan fingerprint density at radius 1 is 1.31 bits per heavy atom. The third-order valence-corrected chi connectivity index (χ3v) is 4.64. The number of methoxy groups -OCH3 is 1. The van der Waals surface area contributed by atoms with Gasteiger partial charge in [-0.2, -0.15) is 0 Å². The number of imidazole rings is 1. The number of benzene rings is 1. The normalized spacial score (nSPS) is 13.8. The number of aromatic amines is 1. The van der Waals surface area contributed by atoms with E-state index < -0.39 is 0 Å². The SMILES string of the molecule is COc1ccc(OCC2CCN(C(=O)NCCc3ncc[nH]3)CC2)cc1.O=CO. The number of carboxylic acid groups (broad SMARTS) is 1. The van der Waals surface area contributed by atoms with Gasteiger partial charge in [-0.05, 0) is 43.0 Å². The summed E-state index contributed by atoms with van der Waals surface area (Å²) in [5.74, 6) is 3.04. The van der Waals surface area contributed by atoms with E-state index in [1.54, 1.807) is 19.5 Å². The highest BCUT2D eigenvalue weighted by Crippen LogP contribution is 2.21. The molecule has 0 bridgehead atoms. The summed E-state index contributed by atoms with van der Waals surface area (Å²) < 4.78 is 11.0. The van der Waals surface area contributed by atoms with Gasteiger partial charge in [-0.25, -0.2) is 9.78 Å². The summed E-state index contributed by atoms with van der Waals surface area (Å²) in [6.45, 7) is 2.56. The molecule has 0 unspecified atom stereocenters. The highest BCUT2D eigenvalue weighted by molar-refractivity contribution is 5.74. The van der Waals surface area contributed by atoms with E-state index in [1.165, 1.54) is 0 Å². The van der Waals surface area contributed by atoms with Crippen molar-refractivity contribution in [2.24, 2.45) is 5.92 Å². The second kappa shape index (κ2) is 12.3. The molecule has 1 aliphatic heterocycles. The third kappa shape index (κ3) is 7.73. The number of rotatable bonds is 7. The first-order chi connectivity index (χ1) is 14.2. The molecule has 9 nitrogen and oxygen atoms in total. The molecule has 1 aliphatic rings. The Morgan fingerprint density at radius 2 is 1.97 bits per heavy atom. The van der Waals surface area contributed by atoms with Crippen molar-refractivity contribution in [3.63, 3.8) is 0 Å². The number of H-pyrrole nitrogens is 1. The minimum absolute atomic E-state index is 0.00563. The fourth-order valence-corrected chi connectivity index (χ4v) is 3.02. The van der Waals surface area contributed by atoms with Crippen LogP contribution in [0.3, 0.4) is 0 Å². The number of aromatic nitrogens is 2. The van der Waals surface area contributed by atoms with Crippen molar-refractivity contribution in [2.75, 3.05) is 33.4 Å². The predicted molar refractivity (Wildman–Crippen MR) is 107 cm³/mol.